The van der Waals surface area contributed by atoms with E-state index in [4.69, 9.17) is 16.3 Å². The van der Waals surface area contributed by atoms with E-state index in [1.807, 2.05) is 25.1 Å². The summed E-state index contributed by atoms with van der Waals surface area (Å²) in [5, 5.41) is 7.44. The zero-order valence-corrected chi connectivity index (χ0v) is 14.8. The summed E-state index contributed by atoms with van der Waals surface area (Å²) < 4.78 is 5.32. The van der Waals surface area contributed by atoms with Gasteiger partial charge in [-0.25, -0.2) is 0 Å². The molecule has 0 spiro atoms. The number of guanidine groups is 1. The highest BCUT2D eigenvalue weighted by Gasteiger charge is 2.21. The van der Waals surface area contributed by atoms with E-state index in [9.17, 15) is 0 Å². The molecule has 0 saturated heterocycles. The topological polar surface area (TPSA) is 45.6 Å². The predicted molar refractivity (Wildman–Crippen MR) is 95.0 cm³/mol. The number of halogens is 1. The zero-order chi connectivity index (χ0) is 16.4. The van der Waals surface area contributed by atoms with Crippen LogP contribution < -0.4 is 10.6 Å². The second-order valence-corrected chi connectivity index (χ2v) is 6.23. The summed E-state index contributed by atoms with van der Waals surface area (Å²) in [7, 11) is 1.78. The molecule has 4 nitrogen and oxygen atoms in total. The Balaban J connectivity index is 2.44. The van der Waals surface area contributed by atoms with E-state index in [2.05, 4.69) is 35.5 Å². The lowest BCUT2D eigenvalue weighted by Crippen LogP contribution is -2.43. The fourth-order valence-electron chi connectivity index (χ4n) is 2.06. The lowest BCUT2D eigenvalue weighted by Gasteiger charge is -2.27. The van der Waals surface area contributed by atoms with Crippen molar-refractivity contribution in [3.63, 3.8) is 0 Å². The van der Waals surface area contributed by atoms with E-state index >= 15 is 0 Å². The Morgan fingerprint density at radius 1 is 1.32 bits per heavy atom. The van der Waals surface area contributed by atoms with Gasteiger partial charge in [-0.1, -0.05) is 37.6 Å². The summed E-state index contributed by atoms with van der Waals surface area (Å²) in [4.78, 5) is 4.25. The van der Waals surface area contributed by atoms with Crippen LogP contribution in [0.1, 0.15) is 32.8 Å². The molecule has 2 N–H and O–H groups in total. The van der Waals surface area contributed by atoms with Gasteiger partial charge in [0.2, 0.25) is 0 Å². The molecule has 1 aromatic carbocycles. The third-order valence-corrected chi connectivity index (χ3v) is 3.72. The third kappa shape index (κ3) is 6.67. The van der Waals surface area contributed by atoms with Gasteiger partial charge in [0.15, 0.2) is 5.96 Å². The Hall–Kier alpha value is -1.26. The molecular formula is C17H28ClN3O. The Morgan fingerprint density at radius 2 is 2.09 bits per heavy atom. The Morgan fingerprint density at radius 3 is 2.73 bits per heavy atom. The standard InChI is InChI=1S/C17H28ClN3O/c1-5-22-11-7-10-20-16(19-4)21-13-17(2,3)14-8-6-9-15(18)12-14/h6,8-9,12H,5,7,10-11,13H2,1-4H3,(H2,19,20,21). The first-order valence-electron chi connectivity index (χ1n) is 7.78. The lowest BCUT2D eigenvalue weighted by atomic mass is 9.84. The maximum atomic E-state index is 6.08. The number of nitrogens with one attached hydrogen (secondary N) is 2. The van der Waals surface area contributed by atoms with Crippen LogP contribution in [0.15, 0.2) is 29.3 Å². The number of aliphatic imine (C=N–C) groups is 1. The summed E-state index contributed by atoms with van der Waals surface area (Å²) in [5.41, 5.74) is 1.17. The van der Waals surface area contributed by atoms with Gasteiger partial charge >= 0.3 is 0 Å². The van der Waals surface area contributed by atoms with Crippen LogP contribution in [-0.4, -0.2) is 39.3 Å². The van der Waals surface area contributed by atoms with E-state index in [0.717, 1.165) is 43.7 Å². The van der Waals surface area contributed by atoms with E-state index in [1.54, 1.807) is 7.05 Å². The van der Waals surface area contributed by atoms with Crippen molar-refractivity contribution in [2.24, 2.45) is 4.99 Å². The molecule has 0 unspecified atom stereocenters. The third-order valence-electron chi connectivity index (χ3n) is 3.49. The first kappa shape index (κ1) is 18.8. The maximum Gasteiger partial charge on any atom is 0.191 e. The van der Waals surface area contributed by atoms with Crippen LogP contribution in [0, 0.1) is 0 Å². The Kier molecular flexibility index (Phi) is 8.28. The van der Waals surface area contributed by atoms with Gasteiger partial charge in [0, 0.05) is 43.8 Å². The average Bonchev–Trinajstić information content (AvgIpc) is 2.50. The summed E-state index contributed by atoms with van der Waals surface area (Å²) in [6.07, 6.45) is 0.965. The van der Waals surface area contributed by atoms with Crippen molar-refractivity contribution < 1.29 is 4.74 Å². The molecule has 0 atom stereocenters. The minimum atomic E-state index is -0.0339. The van der Waals surface area contributed by atoms with Crippen LogP contribution in [-0.2, 0) is 10.2 Å². The van der Waals surface area contributed by atoms with Crippen LogP contribution in [0.5, 0.6) is 0 Å². The smallest absolute Gasteiger partial charge is 0.191 e. The van der Waals surface area contributed by atoms with Crippen molar-refractivity contribution in [2.45, 2.75) is 32.6 Å². The van der Waals surface area contributed by atoms with Crippen molar-refractivity contribution in [1.29, 1.82) is 0 Å². The highest BCUT2D eigenvalue weighted by Crippen LogP contribution is 2.24. The van der Waals surface area contributed by atoms with Gasteiger partial charge in [0.25, 0.3) is 0 Å². The van der Waals surface area contributed by atoms with Crippen LogP contribution >= 0.6 is 11.6 Å². The van der Waals surface area contributed by atoms with E-state index in [0.29, 0.717) is 0 Å². The Bertz CT molecular complexity index is 475. The van der Waals surface area contributed by atoms with Gasteiger partial charge in [0.05, 0.1) is 0 Å². The molecular weight excluding hydrogens is 298 g/mol. The van der Waals surface area contributed by atoms with Crippen LogP contribution in [0.4, 0.5) is 0 Å². The average molecular weight is 326 g/mol. The number of hydrogen-bond acceptors (Lipinski definition) is 2. The van der Waals surface area contributed by atoms with Gasteiger partial charge < -0.3 is 15.4 Å². The first-order chi connectivity index (χ1) is 10.5. The van der Waals surface area contributed by atoms with E-state index in [-0.39, 0.29) is 5.41 Å². The molecule has 0 bridgehead atoms. The predicted octanol–water partition coefficient (Wildman–Crippen LogP) is 3.21. The summed E-state index contributed by atoms with van der Waals surface area (Å²) >= 11 is 6.08. The zero-order valence-electron chi connectivity index (χ0n) is 14.1. The molecule has 0 aliphatic carbocycles. The van der Waals surface area contributed by atoms with Gasteiger partial charge in [0.1, 0.15) is 0 Å². The van der Waals surface area contributed by atoms with Crippen molar-refractivity contribution in [2.75, 3.05) is 33.4 Å². The number of benzene rings is 1. The van der Waals surface area contributed by atoms with Gasteiger partial charge in [-0.3, -0.25) is 4.99 Å². The molecule has 22 heavy (non-hydrogen) atoms. The fraction of sp³-hybridized carbons (Fsp3) is 0.588. The first-order valence-corrected chi connectivity index (χ1v) is 8.15. The van der Waals surface area contributed by atoms with Gasteiger partial charge in [-0.15, -0.1) is 0 Å². The minimum absolute atomic E-state index is 0.0339. The highest BCUT2D eigenvalue weighted by atomic mass is 35.5. The van der Waals surface area contributed by atoms with Crippen molar-refractivity contribution in [1.82, 2.24) is 10.6 Å². The molecule has 0 amide bonds. The van der Waals surface area contributed by atoms with Crippen LogP contribution in [0.2, 0.25) is 5.02 Å². The molecule has 124 valence electrons. The molecule has 1 rings (SSSR count). The van der Waals surface area contributed by atoms with Crippen LogP contribution in [0.25, 0.3) is 0 Å². The largest absolute Gasteiger partial charge is 0.382 e. The molecule has 0 aliphatic rings. The van der Waals surface area contributed by atoms with Crippen molar-refractivity contribution in [3.05, 3.63) is 34.9 Å². The molecule has 0 fully saturated rings. The second kappa shape index (κ2) is 9.70. The second-order valence-electron chi connectivity index (χ2n) is 5.80. The molecule has 0 saturated carbocycles. The summed E-state index contributed by atoms with van der Waals surface area (Å²) in [6, 6.07) is 8.00. The number of hydrogen-bond donors (Lipinski definition) is 2. The van der Waals surface area contributed by atoms with Gasteiger partial charge in [-0.05, 0) is 31.0 Å². The van der Waals surface area contributed by atoms with Crippen molar-refractivity contribution >= 4 is 17.6 Å². The normalized spacial score (nSPS) is 12.3. The lowest BCUT2D eigenvalue weighted by molar-refractivity contribution is 0.145. The Labute approximate surface area is 139 Å². The van der Waals surface area contributed by atoms with E-state index in [1.165, 1.54) is 5.56 Å². The van der Waals surface area contributed by atoms with Gasteiger partial charge in [-0.2, -0.15) is 0 Å². The fourth-order valence-corrected chi connectivity index (χ4v) is 2.25. The quantitative estimate of drug-likeness (QED) is 0.438. The highest BCUT2D eigenvalue weighted by molar-refractivity contribution is 6.30. The SMILES string of the molecule is CCOCCCNC(=NC)NCC(C)(C)c1cccc(Cl)c1. The number of nitrogens with zero attached hydrogens (tertiary/aromatic N) is 1. The molecule has 0 heterocycles. The number of ether oxygens (including phenoxy) is 1. The molecule has 0 aliphatic heterocycles. The summed E-state index contributed by atoms with van der Waals surface area (Å²) in [5.74, 6) is 0.812. The molecule has 0 aromatic heterocycles. The molecule has 0 radical (unpaired) electrons. The monoisotopic (exact) mass is 325 g/mol. The molecule has 1 aromatic rings. The summed E-state index contributed by atoms with van der Waals surface area (Å²) in [6.45, 7) is 9.54. The number of rotatable bonds is 8. The van der Waals surface area contributed by atoms with Crippen molar-refractivity contribution in [3.8, 4) is 0 Å². The maximum absolute atomic E-state index is 6.08. The molecule has 5 heteroatoms. The van der Waals surface area contributed by atoms with E-state index < -0.39 is 0 Å². The van der Waals surface area contributed by atoms with Crippen LogP contribution in [0.3, 0.4) is 0 Å². The minimum Gasteiger partial charge on any atom is -0.382 e.